The second-order valence-corrected chi connectivity index (χ2v) is 6.63. The summed E-state index contributed by atoms with van der Waals surface area (Å²) in [6, 6.07) is 0. The molecule has 0 aliphatic heterocycles. The normalized spacial score (nSPS) is 16.4. The summed E-state index contributed by atoms with van der Waals surface area (Å²) >= 11 is 0. The van der Waals surface area contributed by atoms with E-state index in [1.165, 1.54) is 21.0 Å². The van der Waals surface area contributed by atoms with E-state index in [0.717, 1.165) is 0 Å². The summed E-state index contributed by atoms with van der Waals surface area (Å²) in [5, 5.41) is 0.607. The highest BCUT2D eigenvalue weighted by atomic mass is 32.2. The van der Waals surface area contributed by atoms with Gasteiger partial charge in [0, 0.05) is 12.5 Å². The number of alkyl halides is 3. The number of rotatable bonds is 5. The van der Waals surface area contributed by atoms with Gasteiger partial charge in [-0.15, -0.1) is 0 Å². The van der Waals surface area contributed by atoms with Crippen molar-refractivity contribution in [2.24, 2.45) is 0 Å². The Morgan fingerprint density at radius 2 is 1.76 bits per heavy atom. The van der Waals surface area contributed by atoms with Crippen molar-refractivity contribution in [3.63, 3.8) is 0 Å². The zero-order valence-electron chi connectivity index (χ0n) is 10.2. The van der Waals surface area contributed by atoms with Gasteiger partial charge in [-0.3, -0.25) is 0 Å². The summed E-state index contributed by atoms with van der Waals surface area (Å²) in [7, 11) is -2.45. The maximum Gasteiger partial charge on any atom is 0.392 e. The van der Waals surface area contributed by atoms with Gasteiger partial charge < -0.3 is 4.74 Å². The van der Waals surface area contributed by atoms with Crippen molar-refractivity contribution >= 4 is 9.84 Å². The van der Waals surface area contributed by atoms with Crippen molar-refractivity contribution in [3.8, 4) is 0 Å². The Morgan fingerprint density at radius 3 is 2.12 bits per heavy atom. The minimum Gasteiger partial charge on any atom is -0.380 e. The molecule has 0 heterocycles. The Kier molecular flexibility index (Phi) is 5.21. The molecule has 0 N–H and O–H groups in total. The molecule has 1 unspecified atom stereocenters. The van der Waals surface area contributed by atoms with E-state index in [2.05, 4.69) is 0 Å². The molecule has 0 saturated carbocycles. The van der Waals surface area contributed by atoms with Crippen LogP contribution >= 0.6 is 0 Å². The molecular formula is C10H17F3O3S. The number of ether oxygens (including phenoxy) is 1. The lowest BCUT2D eigenvalue weighted by molar-refractivity contribution is -0.124. The summed E-state index contributed by atoms with van der Waals surface area (Å²) in [5.41, 5.74) is 0. The molecule has 102 valence electrons. The summed E-state index contributed by atoms with van der Waals surface area (Å²) in [5.74, 6) is 0. The lowest BCUT2D eigenvalue weighted by atomic mass is 10.1. The zero-order chi connectivity index (χ0) is 13.9. The Morgan fingerprint density at radius 1 is 1.29 bits per heavy atom. The first-order chi connectivity index (χ1) is 7.44. The molecule has 1 atom stereocenters. The second kappa shape index (κ2) is 5.39. The second-order valence-electron chi connectivity index (χ2n) is 4.22. The van der Waals surface area contributed by atoms with E-state index < -0.39 is 33.3 Å². The third-order valence-electron chi connectivity index (χ3n) is 2.69. The van der Waals surface area contributed by atoms with Crippen LogP contribution in [0.25, 0.3) is 0 Å². The van der Waals surface area contributed by atoms with Gasteiger partial charge in [0.15, 0.2) is 9.84 Å². The molecule has 0 aromatic carbocycles. The summed E-state index contributed by atoms with van der Waals surface area (Å²) < 4.78 is 62.9. The van der Waals surface area contributed by atoms with Crippen LogP contribution in [0.1, 0.15) is 27.2 Å². The first-order valence-corrected chi connectivity index (χ1v) is 6.49. The third-order valence-corrected chi connectivity index (χ3v) is 5.04. The zero-order valence-corrected chi connectivity index (χ0v) is 11.0. The van der Waals surface area contributed by atoms with Crippen LogP contribution < -0.4 is 0 Å². The Balaban J connectivity index is 4.92. The van der Waals surface area contributed by atoms with Gasteiger partial charge in [-0.1, -0.05) is 6.08 Å². The molecule has 0 bridgehead atoms. The van der Waals surface area contributed by atoms with E-state index in [1.807, 2.05) is 0 Å². The summed E-state index contributed by atoms with van der Waals surface area (Å²) in [6.45, 7) is 4.37. The van der Waals surface area contributed by atoms with E-state index in [-0.39, 0.29) is 0 Å². The Labute approximate surface area is 99.6 Å². The maximum absolute atomic E-state index is 11.9. The van der Waals surface area contributed by atoms with Gasteiger partial charge in [-0.2, -0.15) is 13.2 Å². The van der Waals surface area contributed by atoms with Gasteiger partial charge in [0.1, 0.15) is 0 Å². The third kappa shape index (κ3) is 4.67. The van der Waals surface area contributed by atoms with E-state index in [4.69, 9.17) is 4.74 Å². The van der Waals surface area contributed by atoms with Gasteiger partial charge >= 0.3 is 6.18 Å². The molecule has 0 aromatic rings. The molecule has 0 aliphatic carbocycles. The van der Waals surface area contributed by atoms with Crippen molar-refractivity contribution in [1.29, 1.82) is 0 Å². The van der Waals surface area contributed by atoms with Crippen LogP contribution in [0.15, 0.2) is 11.5 Å². The Bertz CT molecular complexity index is 369. The van der Waals surface area contributed by atoms with Gasteiger partial charge in [-0.25, -0.2) is 8.42 Å². The number of sulfone groups is 1. The van der Waals surface area contributed by atoms with Crippen molar-refractivity contribution in [2.75, 3.05) is 7.11 Å². The van der Waals surface area contributed by atoms with Crippen LogP contribution in [-0.2, 0) is 14.6 Å². The monoisotopic (exact) mass is 274 g/mol. The first kappa shape index (κ1) is 16.4. The van der Waals surface area contributed by atoms with Crippen molar-refractivity contribution in [1.82, 2.24) is 0 Å². The molecule has 0 fully saturated rings. The molecule has 0 spiro atoms. The van der Waals surface area contributed by atoms with Gasteiger partial charge in [0.05, 0.1) is 17.3 Å². The number of hydrogen-bond donors (Lipinski definition) is 0. The quantitative estimate of drug-likeness (QED) is 0.774. The minimum absolute atomic E-state index is 0.607. The highest BCUT2D eigenvalue weighted by Gasteiger charge is 2.38. The number of allylic oxidation sites excluding steroid dienone is 1. The molecule has 0 saturated heterocycles. The highest BCUT2D eigenvalue weighted by Crippen LogP contribution is 2.26. The fourth-order valence-corrected chi connectivity index (χ4v) is 2.26. The predicted molar refractivity (Wildman–Crippen MR) is 59.3 cm³/mol. The van der Waals surface area contributed by atoms with Crippen molar-refractivity contribution in [3.05, 3.63) is 11.5 Å². The maximum atomic E-state index is 11.9. The molecule has 0 aliphatic rings. The van der Waals surface area contributed by atoms with E-state index in [1.54, 1.807) is 6.92 Å². The molecular weight excluding hydrogens is 257 g/mol. The number of methoxy groups -OCH3 is 1. The van der Waals surface area contributed by atoms with Crippen LogP contribution in [0.4, 0.5) is 13.2 Å². The highest BCUT2D eigenvalue weighted by molar-refractivity contribution is 7.95. The first-order valence-electron chi connectivity index (χ1n) is 4.95. The smallest absolute Gasteiger partial charge is 0.380 e. The van der Waals surface area contributed by atoms with E-state index >= 15 is 0 Å². The largest absolute Gasteiger partial charge is 0.392 e. The molecule has 0 aromatic heterocycles. The molecule has 17 heavy (non-hydrogen) atoms. The summed E-state index contributed by atoms with van der Waals surface area (Å²) in [4.78, 5) is 0. The fourth-order valence-electron chi connectivity index (χ4n) is 0.999. The van der Waals surface area contributed by atoms with E-state index in [0.29, 0.717) is 11.5 Å². The average Bonchev–Trinajstić information content (AvgIpc) is 2.13. The standard InChI is InChI=1S/C10H17F3O3S/c1-8(16-4)9(2,3)17(14,15)7-5-6-10(11,12)13/h5,7-8H,6H2,1-4H3/b7-5+. The van der Waals surface area contributed by atoms with Crippen LogP contribution in [0.5, 0.6) is 0 Å². The average molecular weight is 274 g/mol. The SMILES string of the molecule is COC(C)C(C)(C)S(=O)(=O)/C=C/CC(F)(F)F. The minimum atomic E-state index is -4.40. The van der Waals surface area contributed by atoms with Crippen molar-refractivity contribution in [2.45, 2.75) is 44.2 Å². The van der Waals surface area contributed by atoms with Crippen LogP contribution in [0.3, 0.4) is 0 Å². The predicted octanol–water partition coefficient (Wildman–Crippen LogP) is 2.68. The lowest BCUT2D eigenvalue weighted by Gasteiger charge is -2.28. The van der Waals surface area contributed by atoms with Gasteiger partial charge in [-0.05, 0) is 20.8 Å². The van der Waals surface area contributed by atoms with Crippen LogP contribution in [0.2, 0.25) is 0 Å². The van der Waals surface area contributed by atoms with Gasteiger partial charge in [0.25, 0.3) is 0 Å². The lowest BCUT2D eigenvalue weighted by Crippen LogP contribution is -2.42. The number of hydrogen-bond acceptors (Lipinski definition) is 3. The summed E-state index contributed by atoms with van der Waals surface area (Å²) in [6.07, 6.45) is -5.67. The molecule has 0 radical (unpaired) electrons. The van der Waals surface area contributed by atoms with Crippen molar-refractivity contribution < 1.29 is 26.3 Å². The number of halogens is 3. The van der Waals surface area contributed by atoms with Gasteiger partial charge in [0.2, 0.25) is 0 Å². The van der Waals surface area contributed by atoms with Crippen LogP contribution in [0, 0.1) is 0 Å². The Hall–Kier alpha value is -0.560. The molecule has 3 nitrogen and oxygen atoms in total. The van der Waals surface area contributed by atoms with E-state index in [9.17, 15) is 21.6 Å². The molecule has 0 rings (SSSR count). The topological polar surface area (TPSA) is 43.4 Å². The molecule has 7 heteroatoms. The van der Waals surface area contributed by atoms with Crippen LogP contribution in [-0.4, -0.2) is 32.6 Å². The fraction of sp³-hybridized carbons (Fsp3) is 0.800. The molecule has 0 amide bonds.